The van der Waals surface area contributed by atoms with Crippen molar-refractivity contribution in [3.63, 3.8) is 0 Å². The summed E-state index contributed by atoms with van der Waals surface area (Å²) >= 11 is 1.47. The standard InChI is InChI=1S/C13H8FNOS/c14-9-5-6-11-8(13(9)16)7-15-10-3-1-2-4-12(10)17-11/h1-7,16H. The number of phenolic OH excluding ortho intramolecular Hbond substituents is 1. The van der Waals surface area contributed by atoms with Gasteiger partial charge in [-0.2, -0.15) is 0 Å². The van der Waals surface area contributed by atoms with Crippen molar-refractivity contribution in [2.75, 3.05) is 0 Å². The highest BCUT2D eigenvalue weighted by Crippen LogP contribution is 2.41. The van der Waals surface area contributed by atoms with Crippen LogP contribution in [0, 0.1) is 5.82 Å². The Hall–Kier alpha value is -1.81. The van der Waals surface area contributed by atoms with Gasteiger partial charge in [-0.05, 0) is 24.3 Å². The number of hydrogen-bond donors (Lipinski definition) is 1. The van der Waals surface area contributed by atoms with Gasteiger partial charge in [-0.3, -0.25) is 4.99 Å². The van der Waals surface area contributed by atoms with Crippen LogP contribution in [0.5, 0.6) is 5.75 Å². The fourth-order valence-corrected chi connectivity index (χ4v) is 2.68. The summed E-state index contributed by atoms with van der Waals surface area (Å²) in [4.78, 5) is 6.05. The Bertz CT molecular complexity index is 625. The molecule has 0 saturated carbocycles. The molecule has 0 atom stereocenters. The number of phenols is 1. The zero-order chi connectivity index (χ0) is 11.8. The number of nitrogens with zero attached hydrogens (tertiary/aromatic N) is 1. The maximum Gasteiger partial charge on any atom is 0.165 e. The summed E-state index contributed by atoms with van der Waals surface area (Å²) in [7, 11) is 0. The number of fused-ring (bicyclic) bond motifs is 2. The Morgan fingerprint density at radius 1 is 1.06 bits per heavy atom. The van der Waals surface area contributed by atoms with Crippen LogP contribution < -0.4 is 0 Å². The highest BCUT2D eigenvalue weighted by Gasteiger charge is 2.16. The van der Waals surface area contributed by atoms with Crippen molar-refractivity contribution in [3.05, 3.63) is 47.8 Å². The molecule has 0 radical (unpaired) electrons. The van der Waals surface area contributed by atoms with E-state index >= 15 is 0 Å². The quantitative estimate of drug-likeness (QED) is 0.654. The number of hydrogen-bond acceptors (Lipinski definition) is 3. The number of benzene rings is 2. The van der Waals surface area contributed by atoms with Gasteiger partial charge in [0.15, 0.2) is 11.6 Å². The molecule has 0 saturated heterocycles. The first kappa shape index (κ1) is 10.4. The van der Waals surface area contributed by atoms with Gasteiger partial charge in [0, 0.05) is 16.0 Å². The zero-order valence-electron chi connectivity index (χ0n) is 8.72. The Labute approximate surface area is 102 Å². The number of rotatable bonds is 0. The molecule has 0 aliphatic carbocycles. The van der Waals surface area contributed by atoms with E-state index in [9.17, 15) is 9.50 Å². The van der Waals surface area contributed by atoms with Gasteiger partial charge < -0.3 is 5.11 Å². The molecule has 17 heavy (non-hydrogen) atoms. The topological polar surface area (TPSA) is 32.6 Å². The fourth-order valence-electron chi connectivity index (χ4n) is 1.68. The molecule has 0 aromatic heterocycles. The first-order valence-electron chi connectivity index (χ1n) is 5.08. The minimum absolute atomic E-state index is 0.341. The van der Waals surface area contributed by atoms with Crippen LogP contribution in [-0.2, 0) is 0 Å². The normalized spacial score (nSPS) is 12.8. The largest absolute Gasteiger partial charge is 0.504 e. The third kappa shape index (κ3) is 1.70. The Morgan fingerprint density at radius 3 is 2.76 bits per heavy atom. The number of para-hydroxylation sites is 1. The van der Waals surface area contributed by atoms with Crippen LogP contribution in [0.3, 0.4) is 0 Å². The molecular weight excluding hydrogens is 237 g/mol. The second kappa shape index (κ2) is 3.89. The minimum atomic E-state index is -0.623. The molecule has 4 heteroatoms. The SMILES string of the molecule is Oc1c(F)ccc2c1C=Nc1ccccc1S2. The predicted molar refractivity (Wildman–Crippen MR) is 65.9 cm³/mol. The van der Waals surface area contributed by atoms with Crippen molar-refractivity contribution in [1.29, 1.82) is 0 Å². The molecule has 2 aromatic carbocycles. The Balaban J connectivity index is 2.22. The molecule has 0 spiro atoms. The molecule has 2 aromatic rings. The van der Waals surface area contributed by atoms with Crippen LogP contribution in [0.15, 0.2) is 51.2 Å². The molecule has 1 N–H and O–H groups in total. The second-order valence-electron chi connectivity index (χ2n) is 3.64. The van der Waals surface area contributed by atoms with Crippen molar-refractivity contribution in [2.45, 2.75) is 9.79 Å². The number of halogens is 1. The molecule has 1 aliphatic rings. The fraction of sp³-hybridized carbons (Fsp3) is 0. The summed E-state index contributed by atoms with van der Waals surface area (Å²) in [6.45, 7) is 0. The molecule has 0 amide bonds. The maximum atomic E-state index is 13.2. The maximum absolute atomic E-state index is 13.2. The molecule has 0 unspecified atom stereocenters. The molecule has 0 fully saturated rings. The van der Waals surface area contributed by atoms with Gasteiger partial charge in [0.2, 0.25) is 0 Å². The lowest BCUT2D eigenvalue weighted by atomic mass is 10.2. The first-order chi connectivity index (χ1) is 8.25. The van der Waals surface area contributed by atoms with Gasteiger partial charge in [-0.15, -0.1) is 0 Å². The van der Waals surface area contributed by atoms with Crippen LogP contribution in [0.1, 0.15) is 5.56 Å². The lowest BCUT2D eigenvalue weighted by Gasteiger charge is -2.06. The van der Waals surface area contributed by atoms with Gasteiger partial charge in [0.25, 0.3) is 0 Å². The van der Waals surface area contributed by atoms with Crippen LogP contribution in [0.4, 0.5) is 10.1 Å². The monoisotopic (exact) mass is 245 g/mol. The van der Waals surface area contributed by atoms with Gasteiger partial charge in [-0.25, -0.2) is 4.39 Å². The van der Waals surface area contributed by atoms with Crippen LogP contribution in [-0.4, -0.2) is 11.3 Å². The highest BCUT2D eigenvalue weighted by molar-refractivity contribution is 7.99. The van der Waals surface area contributed by atoms with Crippen molar-refractivity contribution in [1.82, 2.24) is 0 Å². The average Bonchev–Trinajstić information content (AvgIpc) is 2.53. The summed E-state index contributed by atoms with van der Waals surface area (Å²) in [5.74, 6) is -0.965. The number of aliphatic imine (C=N–C) groups is 1. The van der Waals surface area contributed by atoms with Crippen molar-refractivity contribution in [2.24, 2.45) is 4.99 Å². The number of aromatic hydroxyl groups is 1. The van der Waals surface area contributed by atoms with E-state index in [0.29, 0.717) is 5.56 Å². The predicted octanol–water partition coefficient (Wildman–Crippen LogP) is 3.75. The Morgan fingerprint density at radius 2 is 1.88 bits per heavy atom. The third-order valence-corrected chi connectivity index (χ3v) is 3.69. The molecule has 1 aliphatic heterocycles. The molecule has 3 rings (SSSR count). The lowest BCUT2D eigenvalue weighted by molar-refractivity contribution is 0.430. The van der Waals surface area contributed by atoms with E-state index in [2.05, 4.69) is 4.99 Å². The average molecular weight is 245 g/mol. The lowest BCUT2D eigenvalue weighted by Crippen LogP contribution is -1.88. The Kier molecular flexibility index (Phi) is 2.37. The van der Waals surface area contributed by atoms with Gasteiger partial charge in [0.05, 0.1) is 11.3 Å². The second-order valence-corrected chi connectivity index (χ2v) is 4.72. The highest BCUT2D eigenvalue weighted by atomic mass is 32.2. The van der Waals surface area contributed by atoms with Crippen LogP contribution in [0.25, 0.3) is 0 Å². The summed E-state index contributed by atoms with van der Waals surface area (Å²) in [5, 5.41) is 9.67. The van der Waals surface area contributed by atoms with E-state index in [1.54, 1.807) is 6.07 Å². The molecule has 0 bridgehead atoms. The van der Waals surface area contributed by atoms with Crippen LogP contribution in [0.2, 0.25) is 0 Å². The third-order valence-electron chi connectivity index (χ3n) is 2.55. The molecular formula is C13H8FNOS. The smallest absolute Gasteiger partial charge is 0.165 e. The van der Waals surface area contributed by atoms with E-state index in [4.69, 9.17) is 0 Å². The zero-order valence-corrected chi connectivity index (χ0v) is 9.54. The van der Waals surface area contributed by atoms with Crippen molar-refractivity contribution >= 4 is 23.7 Å². The van der Waals surface area contributed by atoms with Gasteiger partial charge >= 0.3 is 0 Å². The van der Waals surface area contributed by atoms with Gasteiger partial charge in [0.1, 0.15) is 0 Å². The van der Waals surface area contributed by atoms with E-state index < -0.39 is 5.82 Å². The van der Waals surface area contributed by atoms with E-state index in [-0.39, 0.29) is 5.75 Å². The minimum Gasteiger partial charge on any atom is -0.504 e. The molecule has 84 valence electrons. The molecule has 2 nitrogen and oxygen atoms in total. The van der Waals surface area contributed by atoms with E-state index in [1.807, 2.05) is 24.3 Å². The first-order valence-corrected chi connectivity index (χ1v) is 5.90. The van der Waals surface area contributed by atoms with E-state index in [1.165, 1.54) is 24.0 Å². The van der Waals surface area contributed by atoms with Crippen molar-refractivity contribution < 1.29 is 9.50 Å². The molecule has 1 heterocycles. The van der Waals surface area contributed by atoms with Crippen LogP contribution >= 0.6 is 11.8 Å². The summed E-state index contributed by atoms with van der Waals surface area (Å²) in [6.07, 6.45) is 1.51. The van der Waals surface area contributed by atoms with E-state index in [0.717, 1.165) is 15.5 Å². The van der Waals surface area contributed by atoms with Gasteiger partial charge in [-0.1, -0.05) is 23.9 Å². The summed E-state index contributed by atoms with van der Waals surface area (Å²) in [6, 6.07) is 10.6. The summed E-state index contributed by atoms with van der Waals surface area (Å²) < 4.78 is 13.2. The summed E-state index contributed by atoms with van der Waals surface area (Å²) in [5.41, 5.74) is 1.26. The van der Waals surface area contributed by atoms with Crippen molar-refractivity contribution in [3.8, 4) is 5.75 Å².